The zero-order chi connectivity index (χ0) is 17.8. The van der Waals surface area contributed by atoms with Crippen molar-refractivity contribution in [2.75, 3.05) is 31.6 Å². The van der Waals surface area contributed by atoms with Gasteiger partial charge in [0.25, 0.3) is 0 Å². The fourth-order valence-corrected chi connectivity index (χ4v) is 4.00. The van der Waals surface area contributed by atoms with Crippen molar-refractivity contribution in [1.29, 1.82) is 0 Å². The molecule has 1 aromatic carbocycles. The number of benzene rings is 1. The molecular formula is C18H25N3O3S. The van der Waals surface area contributed by atoms with Crippen LogP contribution in [0.2, 0.25) is 0 Å². The van der Waals surface area contributed by atoms with E-state index in [0.29, 0.717) is 18.4 Å². The van der Waals surface area contributed by atoms with Gasteiger partial charge in [0.05, 0.1) is 12.6 Å². The molecule has 1 fully saturated rings. The molecule has 1 aliphatic rings. The number of methoxy groups -OCH3 is 1. The molecule has 2 unspecified atom stereocenters. The van der Waals surface area contributed by atoms with Crippen LogP contribution in [0.4, 0.5) is 5.69 Å². The topological polar surface area (TPSA) is 74.7 Å². The first-order chi connectivity index (χ1) is 12.1. The molecule has 6 nitrogen and oxygen atoms in total. The van der Waals surface area contributed by atoms with Crippen LogP contribution >= 0.6 is 0 Å². The van der Waals surface area contributed by atoms with Gasteiger partial charge in [-0.3, -0.25) is 9.54 Å². The molecule has 136 valence electrons. The van der Waals surface area contributed by atoms with Crippen molar-refractivity contribution in [1.82, 2.24) is 9.71 Å². The van der Waals surface area contributed by atoms with Crippen LogP contribution in [0.15, 0.2) is 30.5 Å². The van der Waals surface area contributed by atoms with Gasteiger partial charge in [-0.1, -0.05) is 6.92 Å². The molecule has 0 aliphatic carbocycles. The lowest BCUT2D eigenvalue weighted by atomic mass is 9.85. The Bertz CT molecular complexity index is 747. The molecule has 2 atom stereocenters. The highest BCUT2D eigenvalue weighted by Gasteiger charge is 2.25. The van der Waals surface area contributed by atoms with Crippen LogP contribution < -0.4 is 14.4 Å². The molecule has 0 amide bonds. The lowest BCUT2D eigenvalue weighted by Crippen LogP contribution is -2.38. The van der Waals surface area contributed by atoms with Crippen molar-refractivity contribution in [3.05, 3.63) is 30.5 Å². The van der Waals surface area contributed by atoms with Crippen molar-refractivity contribution < 1.29 is 13.5 Å². The predicted octanol–water partition coefficient (Wildman–Crippen LogP) is 2.82. The fraction of sp³-hybridized carbons (Fsp3) is 0.500. The van der Waals surface area contributed by atoms with Crippen molar-refractivity contribution >= 4 is 27.9 Å². The van der Waals surface area contributed by atoms with Gasteiger partial charge in [0, 0.05) is 36.9 Å². The summed E-state index contributed by atoms with van der Waals surface area (Å²) in [6.07, 6.45) is 4.02. The summed E-state index contributed by atoms with van der Waals surface area (Å²) in [5.74, 6) is 1.79. The highest BCUT2D eigenvalue weighted by molar-refractivity contribution is 7.77. The van der Waals surface area contributed by atoms with Crippen molar-refractivity contribution in [2.45, 2.75) is 19.8 Å². The number of anilines is 1. The monoisotopic (exact) mass is 363 g/mol. The van der Waals surface area contributed by atoms with E-state index in [4.69, 9.17) is 9.29 Å². The first kappa shape index (κ1) is 18.1. The second kappa shape index (κ2) is 8.12. The van der Waals surface area contributed by atoms with Gasteiger partial charge in [0.15, 0.2) is 0 Å². The minimum atomic E-state index is -1.93. The van der Waals surface area contributed by atoms with E-state index in [1.54, 1.807) is 7.11 Å². The Morgan fingerprint density at radius 2 is 2.16 bits per heavy atom. The maximum atomic E-state index is 10.8. The molecule has 0 saturated carbocycles. The number of piperidine rings is 1. The quantitative estimate of drug-likeness (QED) is 0.772. The molecule has 25 heavy (non-hydrogen) atoms. The van der Waals surface area contributed by atoms with Crippen LogP contribution in [0, 0.1) is 11.8 Å². The second-order valence-corrected chi connectivity index (χ2v) is 7.40. The number of nitrogens with one attached hydrogen (secondary N) is 1. The number of hydrogen-bond donors (Lipinski definition) is 2. The SMILES string of the molecule is COc1ccc2nccc(N3CCC(C(C)CNS(=O)O)CC3)c2c1. The Kier molecular flexibility index (Phi) is 5.88. The van der Waals surface area contributed by atoms with Gasteiger partial charge >= 0.3 is 0 Å². The lowest BCUT2D eigenvalue weighted by Gasteiger charge is -2.36. The van der Waals surface area contributed by atoms with Crippen LogP contribution in [0.1, 0.15) is 19.8 Å². The number of aromatic nitrogens is 1. The molecule has 1 aromatic heterocycles. The Labute approximate surface area is 151 Å². The van der Waals surface area contributed by atoms with Crippen LogP contribution in [0.5, 0.6) is 5.75 Å². The first-order valence-electron chi connectivity index (χ1n) is 8.60. The molecule has 1 saturated heterocycles. The molecule has 2 aromatic rings. The summed E-state index contributed by atoms with van der Waals surface area (Å²) in [5.41, 5.74) is 2.17. The number of pyridine rings is 1. The smallest absolute Gasteiger partial charge is 0.231 e. The summed E-state index contributed by atoms with van der Waals surface area (Å²) >= 11 is -1.93. The van der Waals surface area contributed by atoms with E-state index in [-0.39, 0.29) is 0 Å². The third-order valence-corrected chi connectivity index (χ3v) is 5.55. The molecule has 0 bridgehead atoms. The van der Waals surface area contributed by atoms with Crippen molar-refractivity contribution in [3.8, 4) is 5.75 Å². The average molecular weight is 363 g/mol. The third-order valence-electron chi connectivity index (χ3n) is 5.14. The van der Waals surface area contributed by atoms with Gasteiger partial charge in [-0.25, -0.2) is 8.93 Å². The Balaban J connectivity index is 1.70. The van der Waals surface area contributed by atoms with E-state index in [1.807, 2.05) is 24.4 Å². The number of hydrogen-bond acceptors (Lipinski definition) is 4. The van der Waals surface area contributed by atoms with E-state index in [9.17, 15) is 4.21 Å². The molecule has 0 radical (unpaired) electrons. The van der Waals surface area contributed by atoms with E-state index < -0.39 is 11.3 Å². The largest absolute Gasteiger partial charge is 0.497 e. The molecule has 2 N–H and O–H groups in total. The second-order valence-electron chi connectivity index (χ2n) is 6.61. The Morgan fingerprint density at radius 3 is 2.84 bits per heavy atom. The number of rotatable bonds is 6. The molecule has 1 aliphatic heterocycles. The highest BCUT2D eigenvalue weighted by atomic mass is 32.2. The summed E-state index contributed by atoms with van der Waals surface area (Å²) in [7, 11) is 1.68. The summed E-state index contributed by atoms with van der Waals surface area (Å²) in [5, 5.41) is 1.12. The number of ether oxygens (including phenoxy) is 1. The van der Waals surface area contributed by atoms with Gasteiger partial charge in [0.2, 0.25) is 11.3 Å². The first-order valence-corrected chi connectivity index (χ1v) is 9.71. The van der Waals surface area contributed by atoms with Gasteiger partial charge in [-0.05, 0) is 48.9 Å². The van der Waals surface area contributed by atoms with E-state index >= 15 is 0 Å². The van der Waals surface area contributed by atoms with E-state index in [2.05, 4.69) is 27.6 Å². The van der Waals surface area contributed by atoms with Gasteiger partial charge in [-0.2, -0.15) is 0 Å². The Morgan fingerprint density at radius 1 is 1.40 bits per heavy atom. The third kappa shape index (κ3) is 4.29. The van der Waals surface area contributed by atoms with Crippen LogP contribution in [-0.4, -0.2) is 40.5 Å². The Hall–Kier alpha value is -1.70. The van der Waals surface area contributed by atoms with Gasteiger partial charge in [-0.15, -0.1) is 0 Å². The van der Waals surface area contributed by atoms with Crippen LogP contribution in [-0.2, 0) is 11.3 Å². The standard InChI is InChI=1S/C18H25N3O3S/c1-13(12-20-25(22)23)14-6-9-21(10-7-14)18-5-8-19-17-4-3-15(24-2)11-16(17)18/h3-5,8,11,13-14,20H,6-7,9-10,12H2,1-2H3,(H,22,23). The molecular weight excluding hydrogens is 338 g/mol. The minimum Gasteiger partial charge on any atom is -0.497 e. The summed E-state index contributed by atoms with van der Waals surface area (Å²) in [6, 6.07) is 8.05. The maximum absolute atomic E-state index is 10.8. The summed E-state index contributed by atoms with van der Waals surface area (Å²) in [6.45, 7) is 4.68. The molecule has 2 heterocycles. The average Bonchev–Trinajstić information content (AvgIpc) is 2.65. The van der Waals surface area contributed by atoms with Crippen LogP contribution in [0.3, 0.4) is 0 Å². The van der Waals surface area contributed by atoms with E-state index in [0.717, 1.165) is 42.6 Å². The molecule has 7 heteroatoms. The summed E-state index contributed by atoms with van der Waals surface area (Å²) < 4.78 is 27.6. The predicted molar refractivity (Wildman–Crippen MR) is 101 cm³/mol. The van der Waals surface area contributed by atoms with Gasteiger partial charge in [0.1, 0.15) is 5.75 Å². The maximum Gasteiger partial charge on any atom is 0.231 e. The normalized spacial score (nSPS) is 18.3. The number of fused-ring (bicyclic) bond motifs is 1. The lowest BCUT2D eigenvalue weighted by molar-refractivity contribution is 0.293. The van der Waals surface area contributed by atoms with Crippen molar-refractivity contribution in [3.63, 3.8) is 0 Å². The molecule has 3 rings (SSSR count). The summed E-state index contributed by atoms with van der Waals surface area (Å²) in [4.78, 5) is 6.86. The van der Waals surface area contributed by atoms with E-state index in [1.165, 1.54) is 5.69 Å². The van der Waals surface area contributed by atoms with Crippen LogP contribution in [0.25, 0.3) is 10.9 Å². The zero-order valence-electron chi connectivity index (χ0n) is 14.6. The van der Waals surface area contributed by atoms with Gasteiger partial charge < -0.3 is 9.64 Å². The molecule has 0 spiro atoms. The fourth-order valence-electron chi connectivity index (χ4n) is 3.59. The highest BCUT2D eigenvalue weighted by Crippen LogP contribution is 2.33. The van der Waals surface area contributed by atoms with Crippen molar-refractivity contribution in [2.24, 2.45) is 11.8 Å². The zero-order valence-corrected chi connectivity index (χ0v) is 15.5. The number of nitrogens with zero attached hydrogens (tertiary/aromatic N) is 2. The minimum absolute atomic E-state index is 0.382.